The number of carbonyl (C=O) groups excluding carboxylic acids is 3. The lowest BCUT2D eigenvalue weighted by Gasteiger charge is -2.43. The molecular formula is C21H27N3O4. The van der Waals surface area contributed by atoms with Gasteiger partial charge in [-0.2, -0.15) is 0 Å². The lowest BCUT2D eigenvalue weighted by atomic mass is 9.87. The molecule has 3 aliphatic rings. The Morgan fingerprint density at radius 3 is 2.57 bits per heavy atom. The normalized spacial score (nSPS) is 26.9. The van der Waals surface area contributed by atoms with Crippen molar-refractivity contribution in [3.63, 3.8) is 0 Å². The van der Waals surface area contributed by atoms with E-state index in [1.165, 1.54) is 0 Å². The number of likely N-dealkylation sites (N-methyl/N-ethyl adjacent to an activating group) is 1. The first-order chi connectivity index (χ1) is 13.5. The molecule has 0 aromatic heterocycles. The maximum Gasteiger partial charge on any atom is 0.255 e. The van der Waals surface area contributed by atoms with E-state index in [4.69, 9.17) is 4.74 Å². The van der Waals surface area contributed by atoms with E-state index >= 15 is 0 Å². The van der Waals surface area contributed by atoms with Gasteiger partial charge in [-0.15, -0.1) is 0 Å². The van der Waals surface area contributed by atoms with Crippen LogP contribution in [-0.2, 0) is 16.1 Å². The van der Waals surface area contributed by atoms with Gasteiger partial charge in [0.15, 0.2) is 0 Å². The van der Waals surface area contributed by atoms with Crippen LogP contribution in [0.1, 0.15) is 55.5 Å². The third kappa shape index (κ3) is 3.28. The third-order valence-corrected chi connectivity index (χ3v) is 6.24. The SMILES string of the molecule is CCN(CC)[C@@H]1CC[C@H]1Oc1ccc2c(c1)CN(C1CCC(=O)NC1=O)C2=O. The highest BCUT2D eigenvalue weighted by Gasteiger charge is 2.40. The lowest BCUT2D eigenvalue weighted by molar-refractivity contribution is -0.136. The number of ether oxygens (including phenoxy) is 1. The van der Waals surface area contributed by atoms with E-state index in [1.54, 1.807) is 11.0 Å². The number of hydrogen-bond acceptors (Lipinski definition) is 5. The molecule has 1 aromatic carbocycles. The van der Waals surface area contributed by atoms with Crippen LogP contribution in [0.2, 0.25) is 0 Å². The number of fused-ring (bicyclic) bond motifs is 1. The van der Waals surface area contributed by atoms with Gasteiger partial charge < -0.3 is 9.64 Å². The number of nitrogens with zero attached hydrogens (tertiary/aromatic N) is 2. The molecule has 0 bridgehead atoms. The largest absolute Gasteiger partial charge is 0.489 e. The second kappa shape index (κ2) is 7.54. The molecule has 150 valence electrons. The first-order valence-electron chi connectivity index (χ1n) is 10.2. The second-order valence-electron chi connectivity index (χ2n) is 7.74. The molecule has 1 saturated heterocycles. The summed E-state index contributed by atoms with van der Waals surface area (Å²) in [5, 5.41) is 2.33. The Hall–Kier alpha value is -2.41. The first kappa shape index (κ1) is 18.9. The number of imide groups is 1. The molecule has 2 aliphatic heterocycles. The topological polar surface area (TPSA) is 79.0 Å². The van der Waals surface area contributed by atoms with E-state index in [1.807, 2.05) is 12.1 Å². The smallest absolute Gasteiger partial charge is 0.255 e. The fourth-order valence-corrected chi connectivity index (χ4v) is 4.50. The van der Waals surface area contributed by atoms with Gasteiger partial charge in [0.1, 0.15) is 17.9 Å². The molecule has 4 rings (SSSR count). The fourth-order valence-electron chi connectivity index (χ4n) is 4.50. The van der Waals surface area contributed by atoms with Crippen LogP contribution in [0.4, 0.5) is 0 Å². The van der Waals surface area contributed by atoms with E-state index in [0.29, 0.717) is 24.6 Å². The van der Waals surface area contributed by atoms with Crippen LogP contribution in [0.25, 0.3) is 0 Å². The molecule has 28 heavy (non-hydrogen) atoms. The Labute approximate surface area is 165 Å². The van der Waals surface area contributed by atoms with Gasteiger partial charge in [-0.3, -0.25) is 24.6 Å². The molecule has 2 fully saturated rings. The molecule has 0 spiro atoms. The molecular weight excluding hydrogens is 358 g/mol. The van der Waals surface area contributed by atoms with Crippen molar-refractivity contribution >= 4 is 17.7 Å². The van der Waals surface area contributed by atoms with Gasteiger partial charge in [0.25, 0.3) is 5.91 Å². The molecule has 3 amide bonds. The predicted molar refractivity (Wildman–Crippen MR) is 103 cm³/mol. The van der Waals surface area contributed by atoms with Crippen LogP contribution >= 0.6 is 0 Å². The Morgan fingerprint density at radius 2 is 1.93 bits per heavy atom. The van der Waals surface area contributed by atoms with Crippen LogP contribution in [-0.4, -0.2) is 58.8 Å². The molecule has 1 unspecified atom stereocenters. The molecule has 0 radical (unpaired) electrons. The van der Waals surface area contributed by atoms with Gasteiger partial charge in [0.05, 0.1) is 0 Å². The Morgan fingerprint density at radius 1 is 1.14 bits per heavy atom. The van der Waals surface area contributed by atoms with Gasteiger partial charge >= 0.3 is 0 Å². The van der Waals surface area contributed by atoms with Crippen LogP contribution in [0.15, 0.2) is 18.2 Å². The zero-order chi connectivity index (χ0) is 19.8. The van der Waals surface area contributed by atoms with E-state index in [2.05, 4.69) is 24.1 Å². The van der Waals surface area contributed by atoms with Crippen molar-refractivity contribution in [1.29, 1.82) is 0 Å². The predicted octanol–water partition coefficient (Wildman–Crippen LogP) is 1.70. The summed E-state index contributed by atoms with van der Waals surface area (Å²) >= 11 is 0. The fraction of sp³-hybridized carbons (Fsp3) is 0.571. The summed E-state index contributed by atoms with van der Waals surface area (Å²) < 4.78 is 6.23. The van der Waals surface area contributed by atoms with Gasteiger partial charge in [-0.25, -0.2) is 0 Å². The third-order valence-electron chi connectivity index (χ3n) is 6.24. The maximum atomic E-state index is 12.8. The lowest BCUT2D eigenvalue weighted by Crippen LogP contribution is -2.53. The molecule has 1 saturated carbocycles. The minimum Gasteiger partial charge on any atom is -0.489 e. The quantitative estimate of drug-likeness (QED) is 0.754. The Kier molecular flexibility index (Phi) is 5.10. The number of nitrogens with one attached hydrogen (secondary N) is 1. The van der Waals surface area contributed by atoms with Crippen molar-refractivity contribution in [1.82, 2.24) is 15.1 Å². The average Bonchev–Trinajstić information content (AvgIpc) is 2.99. The minimum atomic E-state index is -0.583. The molecule has 1 N–H and O–H groups in total. The van der Waals surface area contributed by atoms with Crippen LogP contribution in [0.5, 0.6) is 5.75 Å². The number of benzene rings is 1. The number of hydrogen-bond donors (Lipinski definition) is 1. The van der Waals surface area contributed by atoms with Crippen LogP contribution < -0.4 is 10.1 Å². The zero-order valence-electron chi connectivity index (χ0n) is 16.4. The van der Waals surface area contributed by atoms with E-state index in [9.17, 15) is 14.4 Å². The molecule has 2 heterocycles. The van der Waals surface area contributed by atoms with Crippen LogP contribution in [0.3, 0.4) is 0 Å². The number of piperidine rings is 1. The van der Waals surface area contributed by atoms with E-state index in [-0.39, 0.29) is 30.2 Å². The average molecular weight is 385 g/mol. The summed E-state index contributed by atoms with van der Waals surface area (Å²) in [6, 6.07) is 5.44. The molecule has 7 nitrogen and oxygen atoms in total. The summed E-state index contributed by atoms with van der Waals surface area (Å²) in [6.07, 6.45) is 3.01. The summed E-state index contributed by atoms with van der Waals surface area (Å²) in [5.41, 5.74) is 1.50. The molecule has 1 aliphatic carbocycles. The minimum absolute atomic E-state index is 0.152. The van der Waals surface area contributed by atoms with Crippen molar-refractivity contribution in [2.75, 3.05) is 13.1 Å². The van der Waals surface area contributed by atoms with Gasteiger partial charge in [-0.05, 0) is 56.1 Å². The number of rotatable bonds is 6. The highest BCUT2D eigenvalue weighted by atomic mass is 16.5. The van der Waals surface area contributed by atoms with Crippen molar-refractivity contribution in [3.05, 3.63) is 29.3 Å². The number of carbonyl (C=O) groups is 3. The first-order valence-corrected chi connectivity index (χ1v) is 10.2. The maximum absolute atomic E-state index is 12.8. The summed E-state index contributed by atoms with van der Waals surface area (Å²) in [5.74, 6) is -0.0333. The Balaban J connectivity index is 1.45. The Bertz CT molecular complexity index is 805. The highest BCUT2D eigenvalue weighted by Crippen LogP contribution is 2.33. The van der Waals surface area contributed by atoms with E-state index < -0.39 is 6.04 Å². The van der Waals surface area contributed by atoms with Gasteiger partial charge in [0.2, 0.25) is 11.8 Å². The van der Waals surface area contributed by atoms with Crippen LogP contribution in [0, 0.1) is 0 Å². The molecule has 1 aromatic rings. The van der Waals surface area contributed by atoms with Gasteiger partial charge in [0, 0.05) is 24.6 Å². The van der Waals surface area contributed by atoms with Crippen molar-refractivity contribution in [2.24, 2.45) is 0 Å². The molecule has 7 heteroatoms. The summed E-state index contributed by atoms with van der Waals surface area (Å²) in [6.45, 7) is 6.75. The summed E-state index contributed by atoms with van der Waals surface area (Å²) in [4.78, 5) is 40.3. The van der Waals surface area contributed by atoms with Crippen molar-refractivity contribution in [3.8, 4) is 5.75 Å². The second-order valence-corrected chi connectivity index (χ2v) is 7.74. The van der Waals surface area contributed by atoms with Gasteiger partial charge in [-0.1, -0.05) is 13.8 Å². The highest BCUT2D eigenvalue weighted by molar-refractivity contribution is 6.05. The molecule has 3 atom stereocenters. The summed E-state index contributed by atoms with van der Waals surface area (Å²) in [7, 11) is 0. The monoisotopic (exact) mass is 385 g/mol. The van der Waals surface area contributed by atoms with Crippen molar-refractivity contribution < 1.29 is 19.1 Å². The van der Waals surface area contributed by atoms with E-state index in [0.717, 1.165) is 37.2 Å². The number of amides is 3. The zero-order valence-corrected chi connectivity index (χ0v) is 16.4. The standard InChI is InChI=1S/C21H27N3O4/c1-3-23(4-2)16-7-9-18(16)28-14-5-6-15-13(11-14)12-24(21(15)27)17-8-10-19(25)22-20(17)26/h5-6,11,16-18H,3-4,7-10,12H2,1-2H3,(H,22,25,26)/t16-,17?,18-/m1/s1. The van der Waals surface area contributed by atoms with Crippen molar-refractivity contribution in [2.45, 2.75) is 64.3 Å².